The van der Waals surface area contributed by atoms with Gasteiger partial charge in [0, 0.05) is 34.8 Å². The molecule has 5 heteroatoms. The number of carbonyl (C=O) groups is 1. The fourth-order valence-electron chi connectivity index (χ4n) is 1.85. The van der Waals surface area contributed by atoms with Crippen molar-refractivity contribution >= 4 is 29.4 Å². The molecule has 0 saturated carbocycles. The van der Waals surface area contributed by atoms with Gasteiger partial charge in [-0.05, 0) is 24.6 Å². The summed E-state index contributed by atoms with van der Waals surface area (Å²) in [6.45, 7) is 2.39. The van der Waals surface area contributed by atoms with Crippen molar-refractivity contribution in [2.75, 3.05) is 12.3 Å². The Morgan fingerprint density at radius 1 is 1.39 bits per heavy atom. The third-order valence-electron chi connectivity index (χ3n) is 2.71. The minimum atomic E-state index is -0.159. The van der Waals surface area contributed by atoms with Gasteiger partial charge in [0.2, 0.25) is 5.56 Å². The molecule has 1 aromatic heterocycles. The van der Waals surface area contributed by atoms with Crippen LogP contribution in [0, 0.1) is 6.92 Å². The largest absolute Gasteiger partial charge is 0.351 e. The van der Waals surface area contributed by atoms with Gasteiger partial charge in [0.25, 0.3) is 5.91 Å². The highest BCUT2D eigenvalue weighted by Crippen LogP contribution is 2.15. The van der Waals surface area contributed by atoms with Gasteiger partial charge in [-0.3, -0.25) is 9.59 Å². The van der Waals surface area contributed by atoms with Crippen LogP contribution in [0.5, 0.6) is 0 Å². The second-order valence-corrected chi connectivity index (χ2v) is 4.50. The minimum absolute atomic E-state index is 0.159. The molecule has 0 fully saturated rings. The zero-order valence-electron chi connectivity index (χ0n) is 9.99. The molecule has 0 saturated heterocycles. The van der Waals surface area contributed by atoms with Gasteiger partial charge >= 0.3 is 0 Å². The summed E-state index contributed by atoms with van der Waals surface area (Å²) >= 11 is 4.03. The fourth-order valence-corrected chi connectivity index (χ4v) is 1.96. The van der Waals surface area contributed by atoms with E-state index in [0.717, 1.165) is 10.9 Å². The SMILES string of the molecule is Cc1cc(=O)[nH]c2cc(C(=O)NCCS)ccc12. The molecule has 0 aliphatic rings. The summed E-state index contributed by atoms with van der Waals surface area (Å²) in [6.07, 6.45) is 0. The maximum Gasteiger partial charge on any atom is 0.251 e. The lowest BCUT2D eigenvalue weighted by atomic mass is 10.1. The monoisotopic (exact) mass is 262 g/mol. The van der Waals surface area contributed by atoms with Crippen molar-refractivity contribution in [2.45, 2.75) is 6.92 Å². The number of amides is 1. The summed E-state index contributed by atoms with van der Waals surface area (Å²) in [5.41, 5.74) is 1.95. The van der Waals surface area contributed by atoms with Crippen LogP contribution in [0.2, 0.25) is 0 Å². The number of benzene rings is 1. The lowest BCUT2D eigenvalue weighted by Crippen LogP contribution is -2.25. The lowest BCUT2D eigenvalue weighted by Gasteiger charge is -2.06. The number of aryl methyl sites for hydroxylation is 1. The molecule has 2 N–H and O–H groups in total. The van der Waals surface area contributed by atoms with Crippen LogP contribution in [0.25, 0.3) is 10.9 Å². The van der Waals surface area contributed by atoms with E-state index in [4.69, 9.17) is 0 Å². The van der Waals surface area contributed by atoms with Crippen molar-refractivity contribution in [1.29, 1.82) is 0 Å². The summed E-state index contributed by atoms with van der Waals surface area (Å²) in [5, 5.41) is 3.68. The number of rotatable bonds is 3. The van der Waals surface area contributed by atoms with E-state index in [9.17, 15) is 9.59 Å². The molecule has 0 aliphatic heterocycles. The summed E-state index contributed by atoms with van der Waals surface area (Å²) in [7, 11) is 0. The third kappa shape index (κ3) is 2.56. The highest BCUT2D eigenvalue weighted by molar-refractivity contribution is 7.80. The summed E-state index contributed by atoms with van der Waals surface area (Å²) < 4.78 is 0. The standard InChI is InChI=1S/C13H14N2O2S/c1-8-6-12(16)15-11-7-9(2-3-10(8)11)13(17)14-4-5-18/h2-3,6-7,18H,4-5H2,1H3,(H,14,17)(H,15,16). The third-order valence-corrected chi connectivity index (χ3v) is 2.93. The highest BCUT2D eigenvalue weighted by atomic mass is 32.1. The van der Waals surface area contributed by atoms with Crippen molar-refractivity contribution in [3.05, 3.63) is 45.7 Å². The van der Waals surface area contributed by atoms with Crippen molar-refractivity contribution in [3.8, 4) is 0 Å². The molecule has 0 atom stereocenters. The Labute approximate surface area is 110 Å². The predicted octanol–water partition coefficient (Wildman–Crippen LogP) is 1.50. The first-order valence-electron chi connectivity index (χ1n) is 5.64. The molecule has 0 aliphatic carbocycles. The number of carbonyl (C=O) groups excluding carboxylic acids is 1. The zero-order chi connectivity index (χ0) is 13.1. The first-order valence-corrected chi connectivity index (χ1v) is 6.28. The first-order chi connectivity index (χ1) is 8.61. The van der Waals surface area contributed by atoms with Crippen molar-refractivity contribution < 1.29 is 4.79 Å². The Bertz CT molecular complexity index is 649. The highest BCUT2D eigenvalue weighted by Gasteiger charge is 2.07. The molecule has 1 amide bonds. The molecule has 18 heavy (non-hydrogen) atoms. The number of aromatic amines is 1. The van der Waals surface area contributed by atoms with Crippen LogP contribution in [0.15, 0.2) is 29.1 Å². The van der Waals surface area contributed by atoms with E-state index in [0.29, 0.717) is 23.4 Å². The second kappa shape index (κ2) is 5.27. The predicted molar refractivity (Wildman–Crippen MR) is 75.5 cm³/mol. The lowest BCUT2D eigenvalue weighted by molar-refractivity contribution is 0.0956. The number of hydrogen-bond acceptors (Lipinski definition) is 3. The van der Waals surface area contributed by atoms with Gasteiger partial charge in [-0.25, -0.2) is 0 Å². The van der Waals surface area contributed by atoms with E-state index >= 15 is 0 Å². The second-order valence-electron chi connectivity index (χ2n) is 4.06. The van der Waals surface area contributed by atoms with Crippen LogP contribution in [-0.2, 0) is 0 Å². The normalized spacial score (nSPS) is 10.6. The maximum atomic E-state index is 11.8. The Balaban J connectivity index is 2.44. The average Bonchev–Trinajstić information content (AvgIpc) is 2.34. The van der Waals surface area contributed by atoms with Gasteiger partial charge in [0.05, 0.1) is 0 Å². The molecule has 0 spiro atoms. The average molecular weight is 262 g/mol. The summed E-state index contributed by atoms with van der Waals surface area (Å²) in [4.78, 5) is 25.9. The quantitative estimate of drug-likeness (QED) is 0.734. The molecular weight excluding hydrogens is 248 g/mol. The Hall–Kier alpha value is -1.75. The number of aromatic nitrogens is 1. The Kier molecular flexibility index (Phi) is 3.72. The van der Waals surface area contributed by atoms with Crippen LogP contribution < -0.4 is 10.9 Å². The summed E-state index contributed by atoms with van der Waals surface area (Å²) in [5.74, 6) is 0.434. The van der Waals surface area contributed by atoms with Crippen LogP contribution in [0.4, 0.5) is 0 Å². The van der Waals surface area contributed by atoms with Gasteiger partial charge < -0.3 is 10.3 Å². The molecule has 0 unspecified atom stereocenters. The molecule has 2 rings (SSSR count). The Morgan fingerprint density at radius 3 is 2.89 bits per heavy atom. The van der Waals surface area contributed by atoms with Crippen molar-refractivity contribution in [3.63, 3.8) is 0 Å². The van der Waals surface area contributed by atoms with Crippen LogP contribution in [-0.4, -0.2) is 23.2 Å². The minimum Gasteiger partial charge on any atom is -0.351 e. The molecular formula is C13H14N2O2S. The smallest absolute Gasteiger partial charge is 0.251 e. The topological polar surface area (TPSA) is 62.0 Å². The molecule has 1 heterocycles. The van der Waals surface area contributed by atoms with Gasteiger partial charge in [-0.2, -0.15) is 12.6 Å². The summed E-state index contributed by atoms with van der Waals surface area (Å²) in [6, 6.07) is 6.83. The van der Waals surface area contributed by atoms with Crippen LogP contribution in [0.3, 0.4) is 0 Å². The number of nitrogens with one attached hydrogen (secondary N) is 2. The first kappa shape index (κ1) is 12.7. The number of pyridine rings is 1. The number of thiol groups is 1. The fraction of sp³-hybridized carbons (Fsp3) is 0.231. The van der Waals surface area contributed by atoms with Gasteiger partial charge in [-0.15, -0.1) is 0 Å². The van der Waals surface area contributed by atoms with Crippen molar-refractivity contribution in [1.82, 2.24) is 10.3 Å². The Morgan fingerprint density at radius 2 is 2.17 bits per heavy atom. The van der Waals surface area contributed by atoms with Gasteiger partial charge in [-0.1, -0.05) is 6.07 Å². The number of hydrogen-bond donors (Lipinski definition) is 3. The molecule has 94 valence electrons. The molecule has 0 radical (unpaired) electrons. The zero-order valence-corrected chi connectivity index (χ0v) is 10.9. The van der Waals surface area contributed by atoms with E-state index in [2.05, 4.69) is 22.9 Å². The molecule has 4 nitrogen and oxygen atoms in total. The van der Waals surface area contributed by atoms with E-state index < -0.39 is 0 Å². The van der Waals surface area contributed by atoms with Gasteiger partial charge in [0.1, 0.15) is 0 Å². The van der Waals surface area contributed by atoms with Crippen LogP contribution in [0.1, 0.15) is 15.9 Å². The number of H-pyrrole nitrogens is 1. The van der Waals surface area contributed by atoms with Gasteiger partial charge in [0.15, 0.2) is 0 Å². The maximum absolute atomic E-state index is 11.8. The molecule has 2 aromatic rings. The van der Waals surface area contributed by atoms with E-state index in [1.165, 1.54) is 0 Å². The van der Waals surface area contributed by atoms with E-state index in [1.54, 1.807) is 18.2 Å². The van der Waals surface area contributed by atoms with Crippen LogP contribution >= 0.6 is 12.6 Å². The van der Waals surface area contributed by atoms with E-state index in [-0.39, 0.29) is 11.5 Å². The van der Waals surface area contributed by atoms with Crippen molar-refractivity contribution in [2.24, 2.45) is 0 Å². The molecule has 1 aromatic carbocycles. The number of fused-ring (bicyclic) bond motifs is 1. The van der Waals surface area contributed by atoms with E-state index in [1.807, 2.05) is 13.0 Å². The molecule has 0 bridgehead atoms.